The number of rotatable bonds is 2. The van der Waals surface area contributed by atoms with Gasteiger partial charge < -0.3 is 16.0 Å². The lowest BCUT2D eigenvalue weighted by molar-refractivity contribution is 0.261. The second-order valence-corrected chi connectivity index (χ2v) is 5.27. The molecule has 94 valence electrons. The number of nitrogen functional groups attached to an aromatic ring is 1. The van der Waals surface area contributed by atoms with Gasteiger partial charge in [-0.1, -0.05) is 0 Å². The molecule has 0 radical (unpaired) electrons. The van der Waals surface area contributed by atoms with Crippen molar-refractivity contribution in [2.24, 2.45) is 0 Å². The predicted molar refractivity (Wildman–Crippen MR) is 74.5 cm³/mol. The van der Waals surface area contributed by atoms with E-state index >= 15 is 0 Å². The highest BCUT2D eigenvalue weighted by Gasteiger charge is 2.17. The molecule has 0 bridgehead atoms. The minimum absolute atomic E-state index is 0.526. The quantitative estimate of drug-likeness (QED) is 0.771. The van der Waals surface area contributed by atoms with Crippen molar-refractivity contribution in [2.75, 3.05) is 31.2 Å². The number of piperidine rings is 1. The maximum absolute atomic E-state index is 6.07. The third-order valence-electron chi connectivity index (χ3n) is 3.65. The van der Waals surface area contributed by atoms with Crippen LogP contribution in [0.2, 0.25) is 0 Å². The molecule has 3 heteroatoms. The molecule has 3 nitrogen and oxygen atoms in total. The number of anilines is 2. The first-order valence-corrected chi connectivity index (χ1v) is 6.38. The Kier molecular flexibility index (Phi) is 3.57. The first-order valence-electron chi connectivity index (χ1n) is 6.38. The molecule has 0 aromatic heterocycles. The fraction of sp³-hybridized carbons (Fsp3) is 0.571. The van der Waals surface area contributed by atoms with Gasteiger partial charge >= 0.3 is 0 Å². The number of benzene rings is 1. The molecule has 0 amide bonds. The number of hydrogen-bond acceptors (Lipinski definition) is 3. The van der Waals surface area contributed by atoms with Gasteiger partial charge in [-0.05, 0) is 63.5 Å². The van der Waals surface area contributed by atoms with Crippen molar-refractivity contribution in [3.05, 3.63) is 23.3 Å². The van der Waals surface area contributed by atoms with Gasteiger partial charge in [0, 0.05) is 12.6 Å². The second-order valence-electron chi connectivity index (χ2n) is 5.27. The van der Waals surface area contributed by atoms with Gasteiger partial charge in [0.1, 0.15) is 0 Å². The van der Waals surface area contributed by atoms with Crippen LogP contribution >= 0.6 is 0 Å². The molecule has 1 saturated heterocycles. The molecule has 1 aromatic carbocycles. The van der Waals surface area contributed by atoms with Gasteiger partial charge in [0.15, 0.2) is 0 Å². The van der Waals surface area contributed by atoms with Gasteiger partial charge in [0.05, 0.1) is 11.4 Å². The van der Waals surface area contributed by atoms with Gasteiger partial charge in [0.2, 0.25) is 0 Å². The monoisotopic (exact) mass is 233 g/mol. The number of aryl methyl sites for hydroxylation is 2. The minimum Gasteiger partial charge on any atom is -0.397 e. The summed E-state index contributed by atoms with van der Waals surface area (Å²) >= 11 is 0. The van der Waals surface area contributed by atoms with E-state index in [0.717, 1.165) is 17.9 Å². The molecule has 17 heavy (non-hydrogen) atoms. The standard InChI is InChI=1S/C14H23N3/c1-10-7-13(15)14(8-11(10)2)16-12-5-4-6-17(3)9-12/h7-8,12,16H,4-6,9,15H2,1-3H3. The molecule has 2 rings (SSSR count). The zero-order valence-corrected chi connectivity index (χ0v) is 11.1. The van der Waals surface area contributed by atoms with Crippen LogP contribution in [-0.2, 0) is 0 Å². The maximum atomic E-state index is 6.07. The molecule has 1 unspecified atom stereocenters. The fourth-order valence-electron chi connectivity index (χ4n) is 2.47. The van der Waals surface area contributed by atoms with Crippen LogP contribution in [0.5, 0.6) is 0 Å². The van der Waals surface area contributed by atoms with E-state index in [-0.39, 0.29) is 0 Å². The summed E-state index contributed by atoms with van der Waals surface area (Å²) in [6.07, 6.45) is 2.50. The Labute approximate surface area is 104 Å². The molecule has 1 atom stereocenters. The van der Waals surface area contributed by atoms with Gasteiger partial charge in [-0.15, -0.1) is 0 Å². The lowest BCUT2D eigenvalue weighted by Gasteiger charge is -2.31. The van der Waals surface area contributed by atoms with E-state index < -0.39 is 0 Å². The molecule has 0 saturated carbocycles. The van der Waals surface area contributed by atoms with Crippen molar-refractivity contribution in [3.63, 3.8) is 0 Å². The predicted octanol–water partition coefficient (Wildman–Crippen LogP) is 2.39. The smallest absolute Gasteiger partial charge is 0.0579 e. The lowest BCUT2D eigenvalue weighted by Crippen LogP contribution is -2.39. The van der Waals surface area contributed by atoms with Crippen molar-refractivity contribution in [2.45, 2.75) is 32.7 Å². The molecular formula is C14H23N3. The minimum atomic E-state index is 0.526. The van der Waals surface area contributed by atoms with Crippen molar-refractivity contribution in [3.8, 4) is 0 Å². The molecule has 3 N–H and O–H groups in total. The molecule has 0 spiro atoms. The van der Waals surface area contributed by atoms with E-state index in [1.165, 1.54) is 30.5 Å². The Hall–Kier alpha value is -1.22. The molecule has 1 aliphatic rings. The summed E-state index contributed by atoms with van der Waals surface area (Å²) in [5, 5.41) is 3.58. The van der Waals surface area contributed by atoms with Crippen molar-refractivity contribution < 1.29 is 0 Å². The van der Waals surface area contributed by atoms with Gasteiger partial charge in [-0.2, -0.15) is 0 Å². The summed E-state index contributed by atoms with van der Waals surface area (Å²) in [7, 11) is 2.18. The van der Waals surface area contributed by atoms with Crippen LogP contribution in [0.4, 0.5) is 11.4 Å². The summed E-state index contributed by atoms with van der Waals surface area (Å²) in [6.45, 7) is 6.55. The second kappa shape index (κ2) is 4.96. The molecule has 0 aliphatic carbocycles. The number of nitrogens with one attached hydrogen (secondary N) is 1. The summed E-state index contributed by atoms with van der Waals surface area (Å²) in [6, 6.07) is 4.75. The van der Waals surface area contributed by atoms with Crippen molar-refractivity contribution in [1.82, 2.24) is 4.90 Å². The van der Waals surface area contributed by atoms with Crippen LogP contribution in [-0.4, -0.2) is 31.1 Å². The largest absolute Gasteiger partial charge is 0.397 e. The molecule has 1 aliphatic heterocycles. The summed E-state index contributed by atoms with van der Waals surface area (Å²) in [5.41, 5.74) is 10.6. The third-order valence-corrected chi connectivity index (χ3v) is 3.65. The molecule has 1 heterocycles. The van der Waals surface area contributed by atoms with Crippen LogP contribution in [0.25, 0.3) is 0 Å². The van der Waals surface area contributed by atoms with Crippen LogP contribution in [0.1, 0.15) is 24.0 Å². The fourth-order valence-corrected chi connectivity index (χ4v) is 2.47. The SMILES string of the molecule is Cc1cc(N)c(NC2CCCN(C)C2)cc1C. The summed E-state index contributed by atoms with van der Waals surface area (Å²) < 4.78 is 0. The Morgan fingerprint density at radius 3 is 2.71 bits per heavy atom. The van der Waals surface area contributed by atoms with Gasteiger partial charge in [-0.3, -0.25) is 0 Å². The van der Waals surface area contributed by atoms with Crippen LogP contribution < -0.4 is 11.1 Å². The van der Waals surface area contributed by atoms with Crippen LogP contribution in [0.15, 0.2) is 12.1 Å². The number of likely N-dealkylation sites (N-methyl/N-ethyl adjacent to an activating group) is 1. The van der Waals surface area contributed by atoms with E-state index in [0.29, 0.717) is 6.04 Å². The summed E-state index contributed by atoms with van der Waals surface area (Å²) in [4.78, 5) is 2.37. The topological polar surface area (TPSA) is 41.3 Å². The molecular weight excluding hydrogens is 210 g/mol. The van der Waals surface area contributed by atoms with E-state index in [4.69, 9.17) is 5.73 Å². The first-order chi connectivity index (χ1) is 8.06. The molecule has 1 fully saturated rings. The van der Waals surface area contributed by atoms with Crippen LogP contribution in [0, 0.1) is 13.8 Å². The van der Waals surface area contributed by atoms with Crippen molar-refractivity contribution in [1.29, 1.82) is 0 Å². The van der Waals surface area contributed by atoms with Gasteiger partial charge in [-0.25, -0.2) is 0 Å². The first kappa shape index (κ1) is 12.2. The average molecular weight is 233 g/mol. The highest BCUT2D eigenvalue weighted by molar-refractivity contribution is 5.68. The zero-order valence-electron chi connectivity index (χ0n) is 11.1. The van der Waals surface area contributed by atoms with E-state index in [9.17, 15) is 0 Å². The van der Waals surface area contributed by atoms with Gasteiger partial charge in [0.25, 0.3) is 0 Å². The normalized spacial score (nSPS) is 21.5. The highest BCUT2D eigenvalue weighted by atomic mass is 15.1. The zero-order chi connectivity index (χ0) is 12.4. The summed E-state index contributed by atoms with van der Waals surface area (Å²) in [5.74, 6) is 0. The number of nitrogens with zero attached hydrogens (tertiary/aromatic N) is 1. The Balaban J connectivity index is 2.10. The lowest BCUT2D eigenvalue weighted by atomic mass is 10.0. The number of likely N-dealkylation sites (tertiary alicyclic amines) is 1. The van der Waals surface area contributed by atoms with E-state index in [1.54, 1.807) is 0 Å². The van der Waals surface area contributed by atoms with Crippen molar-refractivity contribution >= 4 is 11.4 Å². The Bertz CT molecular complexity index is 401. The van der Waals surface area contributed by atoms with Crippen LogP contribution in [0.3, 0.4) is 0 Å². The number of nitrogens with two attached hydrogens (primary N) is 1. The van der Waals surface area contributed by atoms with E-state index in [1.807, 2.05) is 0 Å². The van der Waals surface area contributed by atoms with E-state index in [2.05, 4.69) is 43.2 Å². The highest BCUT2D eigenvalue weighted by Crippen LogP contribution is 2.25. The average Bonchev–Trinajstić information content (AvgIpc) is 2.26. The maximum Gasteiger partial charge on any atom is 0.0579 e. The number of hydrogen-bond donors (Lipinski definition) is 2. The third kappa shape index (κ3) is 2.91. The Morgan fingerprint density at radius 1 is 1.29 bits per heavy atom. The molecule has 1 aromatic rings. The Morgan fingerprint density at radius 2 is 2.00 bits per heavy atom.